The lowest BCUT2D eigenvalue weighted by Gasteiger charge is -2.32. The molecule has 2 heterocycles. The first kappa shape index (κ1) is 20.5. The third kappa shape index (κ3) is 4.68. The maximum atomic E-state index is 13.0. The summed E-state index contributed by atoms with van der Waals surface area (Å²) in [5.74, 6) is -0.323. The number of imide groups is 1. The molecule has 2 saturated heterocycles. The Labute approximate surface area is 151 Å². The number of rotatable bonds is 8. The van der Waals surface area contributed by atoms with Gasteiger partial charge in [0.25, 0.3) is 5.91 Å². The molecule has 0 aromatic rings. The van der Waals surface area contributed by atoms with Gasteiger partial charge in [-0.05, 0) is 27.3 Å². The Morgan fingerprint density at radius 3 is 2.72 bits per heavy atom. The average molecular weight is 375 g/mol. The van der Waals surface area contributed by atoms with Crippen molar-refractivity contribution in [3.63, 3.8) is 0 Å². The van der Waals surface area contributed by atoms with Crippen molar-refractivity contribution in [3.8, 4) is 0 Å². The third-order valence-corrected chi connectivity index (χ3v) is 5.31. The van der Waals surface area contributed by atoms with Crippen LogP contribution in [0.2, 0.25) is 0 Å². The van der Waals surface area contributed by atoms with E-state index in [-0.39, 0.29) is 30.3 Å². The lowest BCUT2D eigenvalue weighted by Crippen LogP contribution is -2.49. The number of nitrogens with zero attached hydrogens (tertiary/aromatic N) is 2. The zero-order chi connectivity index (χ0) is 18.6. The summed E-state index contributed by atoms with van der Waals surface area (Å²) in [5.41, 5.74) is -0.377. The molecule has 1 unspecified atom stereocenters. The van der Waals surface area contributed by atoms with E-state index in [1.165, 1.54) is 4.90 Å². The summed E-state index contributed by atoms with van der Waals surface area (Å²) >= 11 is 0. The van der Waals surface area contributed by atoms with Gasteiger partial charge in [-0.2, -0.15) is 0 Å². The van der Waals surface area contributed by atoms with Crippen LogP contribution < -0.4 is 5.09 Å². The van der Waals surface area contributed by atoms with Gasteiger partial charge in [0.1, 0.15) is 18.4 Å². The van der Waals surface area contributed by atoms with E-state index in [1.807, 2.05) is 27.8 Å². The van der Waals surface area contributed by atoms with Crippen LogP contribution in [0.25, 0.3) is 0 Å². The predicted molar refractivity (Wildman–Crippen MR) is 95.9 cm³/mol. The molecule has 0 aliphatic carbocycles. The molecule has 2 aliphatic heterocycles. The van der Waals surface area contributed by atoms with E-state index < -0.39 is 12.2 Å². The van der Waals surface area contributed by atoms with E-state index >= 15 is 0 Å². The van der Waals surface area contributed by atoms with E-state index in [4.69, 9.17) is 14.2 Å². The molecule has 9 heteroatoms. The van der Waals surface area contributed by atoms with E-state index in [1.54, 1.807) is 0 Å². The quantitative estimate of drug-likeness (QED) is 0.500. The topological polar surface area (TPSA) is 80.3 Å². The highest BCUT2D eigenvalue weighted by atomic mass is 31.0. The van der Waals surface area contributed by atoms with Crippen LogP contribution in [0.5, 0.6) is 0 Å². The van der Waals surface area contributed by atoms with Crippen LogP contribution in [0.1, 0.15) is 33.6 Å². The summed E-state index contributed by atoms with van der Waals surface area (Å²) in [6, 6.07) is -0.174. The van der Waals surface area contributed by atoms with Gasteiger partial charge >= 0.3 is 6.09 Å². The fourth-order valence-electron chi connectivity index (χ4n) is 3.11. The highest BCUT2D eigenvalue weighted by molar-refractivity contribution is 7.13. The van der Waals surface area contributed by atoms with Crippen LogP contribution in [-0.2, 0) is 19.0 Å². The van der Waals surface area contributed by atoms with Gasteiger partial charge in [0, 0.05) is 19.0 Å². The van der Waals surface area contributed by atoms with E-state index in [2.05, 4.69) is 19.4 Å². The Kier molecular flexibility index (Phi) is 7.17. The second-order valence-corrected chi connectivity index (χ2v) is 7.33. The van der Waals surface area contributed by atoms with Gasteiger partial charge in [-0.1, -0.05) is 16.3 Å². The zero-order valence-electron chi connectivity index (χ0n) is 15.5. The smallest absolute Gasteiger partial charge is 0.417 e. The number of hydrogen-bond donors (Lipinski definition) is 1. The first-order valence-electron chi connectivity index (χ1n) is 8.73. The molecular formula is C16H30N3O5P. The van der Waals surface area contributed by atoms with Crippen LogP contribution in [0.4, 0.5) is 4.79 Å². The van der Waals surface area contributed by atoms with Crippen molar-refractivity contribution in [2.24, 2.45) is 0 Å². The van der Waals surface area contributed by atoms with Crippen molar-refractivity contribution in [2.75, 3.05) is 33.4 Å². The lowest BCUT2D eigenvalue weighted by atomic mass is 10.1. The highest BCUT2D eigenvalue weighted by Gasteiger charge is 2.44. The molecule has 0 spiro atoms. The largest absolute Gasteiger partial charge is 0.447 e. The number of amides is 2. The predicted octanol–water partition coefficient (Wildman–Crippen LogP) is 0.965. The van der Waals surface area contributed by atoms with Gasteiger partial charge in [-0.25, -0.2) is 9.69 Å². The number of hydrogen-bond acceptors (Lipinski definition) is 7. The second kappa shape index (κ2) is 8.73. The van der Waals surface area contributed by atoms with Gasteiger partial charge < -0.3 is 14.2 Å². The molecule has 0 radical (unpaired) electrons. The molecule has 4 atom stereocenters. The minimum atomic E-state index is -0.706. The van der Waals surface area contributed by atoms with Crippen LogP contribution >= 0.6 is 9.39 Å². The van der Waals surface area contributed by atoms with E-state index in [0.29, 0.717) is 32.6 Å². The first-order valence-corrected chi connectivity index (χ1v) is 9.31. The first-order chi connectivity index (χ1) is 11.8. The van der Waals surface area contributed by atoms with Crippen molar-refractivity contribution in [1.82, 2.24) is 14.9 Å². The summed E-state index contributed by atoms with van der Waals surface area (Å²) in [6.45, 7) is 7.67. The van der Waals surface area contributed by atoms with Crippen LogP contribution in [-0.4, -0.2) is 79.1 Å². The molecular weight excluding hydrogens is 345 g/mol. The Morgan fingerprint density at radius 1 is 1.44 bits per heavy atom. The summed E-state index contributed by atoms with van der Waals surface area (Å²) in [7, 11) is 4.37. The van der Waals surface area contributed by atoms with Gasteiger partial charge in [0.05, 0.1) is 19.3 Å². The SMILES string of the molecule is CC[C@H]1COC(=O)N1C(=O)[C@H](C[C@H]1COC(C)(C)N1C)OCCNP. The molecule has 8 nitrogen and oxygen atoms in total. The molecule has 2 aliphatic rings. The van der Waals surface area contributed by atoms with Crippen LogP contribution in [0, 0.1) is 0 Å². The Morgan fingerprint density at radius 2 is 2.16 bits per heavy atom. The minimum Gasteiger partial charge on any atom is -0.447 e. The van der Waals surface area contributed by atoms with Crippen LogP contribution in [0.15, 0.2) is 0 Å². The summed E-state index contributed by atoms with van der Waals surface area (Å²) in [4.78, 5) is 28.3. The normalized spacial score (nSPS) is 27.6. The van der Waals surface area contributed by atoms with Crippen molar-refractivity contribution in [3.05, 3.63) is 0 Å². The van der Waals surface area contributed by atoms with Gasteiger partial charge in [-0.3, -0.25) is 14.8 Å². The molecule has 2 fully saturated rings. The number of likely N-dealkylation sites (N-methyl/N-ethyl adjacent to an activating group) is 1. The van der Waals surface area contributed by atoms with Crippen molar-refractivity contribution in [1.29, 1.82) is 0 Å². The fourth-order valence-corrected chi connectivity index (χ4v) is 3.23. The second-order valence-electron chi connectivity index (χ2n) is 6.92. The average Bonchev–Trinajstić information content (AvgIpc) is 3.07. The molecule has 2 rings (SSSR count). The standard InChI is InChI=1S/C16H30N3O5P/c1-5-11-9-23-15(21)19(11)14(20)13(22-7-6-17-25)8-12-10-24-16(2,3)18(12)4/h11-13,17H,5-10,25H2,1-4H3/t11-,12-,13-/m0/s1. The van der Waals surface area contributed by atoms with Crippen LogP contribution in [0.3, 0.4) is 0 Å². The summed E-state index contributed by atoms with van der Waals surface area (Å²) < 4.78 is 16.7. The van der Waals surface area contributed by atoms with E-state index in [9.17, 15) is 9.59 Å². The van der Waals surface area contributed by atoms with Gasteiger partial charge in [0.2, 0.25) is 0 Å². The number of ether oxygens (including phenoxy) is 3. The summed E-state index contributed by atoms with van der Waals surface area (Å²) in [6.07, 6.45) is -0.152. The lowest BCUT2D eigenvalue weighted by molar-refractivity contribution is -0.142. The third-order valence-electron chi connectivity index (χ3n) is 5.02. The monoisotopic (exact) mass is 375 g/mol. The molecule has 0 saturated carbocycles. The Hall–Kier alpha value is -0.790. The van der Waals surface area contributed by atoms with Crippen molar-refractivity contribution >= 4 is 21.4 Å². The number of nitrogens with one attached hydrogen (secondary N) is 1. The number of carbonyl (C=O) groups is 2. The number of carbonyl (C=O) groups excluding carboxylic acids is 2. The van der Waals surface area contributed by atoms with Gasteiger partial charge in [-0.15, -0.1) is 0 Å². The molecule has 1 N–H and O–H groups in total. The molecule has 0 bridgehead atoms. The molecule has 0 aromatic heterocycles. The maximum Gasteiger partial charge on any atom is 0.417 e. The molecule has 144 valence electrons. The molecule has 0 aromatic carbocycles. The Bertz CT molecular complexity index is 490. The molecule has 25 heavy (non-hydrogen) atoms. The van der Waals surface area contributed by atoms with Crippen molar-refractivity contribution < 1.29 is 23.8 Å². The zero-order valence-corrected chi connectivity index (χ0v) is 16.6. The fraction of sp³-hybridized carbons (Fsp3) is 0.875. The molecule has 2 amide bonds. The van der Waals surface area contributed by atoms with E-state index in [0.717, 1.165) is 0 Å². The van der Waals surface area contributed by atoms with Gasteiger partial charge in [0.15, 0.2) is 0 Å². The maximum absolute atomic E-state index is 13.0. The minimum absolute atomic E-state index is 0.0478. The van der Waals surface area contributed by atoms with Crippen molar-refractivity contribution in [2.45, 2.75) is 57.5 Å². The number of cyclic esters (lactones) is 1. The Balaban J connectivity index is 2.09. The highest BCUT2D eigenvalue weighted by Crippen LogP contribution is 2.29. The summed E-state index contributed by atoms with van der Waals surface area (Å²) in [5, 5.41) is 2.92.